The number of aromatic nitrogens is 2. The third kappa shape index (κ3) is 3.28. The van der Waals surface area contributed by atoms with Crippen LogP contribution in [0.3, 0.4) is 0 Å². The molecule has 4 aromatic rings. The maximum atomic E-state index is 11.5. The van der Waals surface area contributed by atoms with Gasteiger partial charge in [-0.05, 0) is 48.5 Å². The fourth-order valence-corrected chi connectivity index (χ4v) is 3.09. The molecule has 7 nitrogen and oxygen atoms in total. The zero-order valence-corrected chi connectivity index (χ0v) is 15.5. The van der Waals surface area contributed by atoms with Gasteiger partial charge in [-0.15, -0.1) is 0 Å². The number of benzene rings is 2. The molecule has 0 bridgehead atoms. The van der Waals surface area contributed by atoms with E-state index < -0.39 is 5.91 Å². The summed E-state index contributed by atoms with van der Waals surface area (Å²) in [5.41, 5.74) is 5.50. The van der Waals surface area contributed by atoms with E-state index in [2.05, 4.69) is 15.3 Å². The van der Waals surface area contributed by atoms with Crippen molar-refractivity contribution in [3.63, 3.8) is 0 Å². The number of fused-ring (bicyclic) bond motifs is 2. The molecular formula is C20H15ClN4O3. The summed E-state index contributed by atoms with van der Waals surface area (Å²) in [5.74, 6) is -0.104. The lowest BCUT2D eigenvalue weighted by Gasteiger charge is -2.14. The number of hydroxylamine groups is 1. The smallest absolute Gasteiger partial charge is 0.274 e. The normalized spacial score (nSPS) is 10.8. The third-order valence-electron chi connectivity index (χ3n) is 4.28. The first-order valence-corrected chi connectivity index (χ1v) is 8.72. The molecule has 3 N–H and O–H groups in total. The minimum atomic E-state index is -0.576. The average molecular weight is 395 g/mol. The van der Waals surface area contributed by atoms with Crippen LogP contribution < -0.4 is 15.5 Å². The first kappa shape index (κ1) is 18.0. The van der Waals surface area contributed by atoms with Crippen molar-refractivity contribution >= 4 is 50.8 Å². The molecule has 0 atom stereocenters. The summed E-state index contributed by atoms with van der Waals surface area (Å²) in [6, 6.07) is 15.7. The number of pyridine rings is 2. The monoisotopic (exact) mass is 394 g/mol. The van der Waals surface area contributed by atoms with Gasteiger partial charge >= 0.3 is 0 Å². The standard InChI is InChI=1S/C20H15ClN4O3/c1-28-17-9-8-15-19(24-17)18(14-7-4-12(21)10-16(14)23-15)22-13-5-2-11(3-6-13)20(26)25-27/h2-10,27H,1H3,(H,22,23)(H,25,26). The van der Waals surface area contributed by atoms with Crippen LogP contribution in [0.15, 0.2) is 54.6 Å². The lowest BCUT2D eigenvalue weighted by atomic mass is 10.1. The number of hydrogen-bond acceptors (Lipinski definition) is 6. The second-order valence-corrected chi connectivity index (χ2v) is 6.45. The van der Waals surface area contributed by atoms with E-state index in [4.69, 9.17) is 21.5 Å². The number of anilines is 2. The van der Waals surface area contributed by atoms with Gasteiger partial charge in [0, 0.05) is 27.7 Å². The van der Waals surface area contributed by atoms with Crippen LogP contribution in [0.25, 0.3) is 21.9 Å². The molecule has 0 aliphatic heterocycles. The summed E-state index contributed by atoms with van der Waals surface area (Å²) in [6.07, 6.45) is 0. The maximum Gasteiger partial charge on any atom is 0.274 e. The Morgan fingerprint density at radius 3 is 2.54 bits per heavy atom. The zero-order valence-electron chi connectivity index (χ0n) is 14.7. The third-order valence-corrected chi connectivity index (χ3v) is 4.52. The minimum absolute atomic E-state index is 0.337. The maximum absolute atomic E-state index is 11.5. The summed E-state index contributed by atoms with van der Waals surface area (Å²) in [5, 5.41) is 13.5. The number of amides is 1. The molecule has 0 spiro atoms. The molecule has 140 valence electrons. The molecule has 0 aliphatic rings. The molecular weight excluding hydrogens is 380 g/mol. The largest absolute Gasteiger partial charge is 0.481 e. The number of halogens is 1. The van der Waals surface area contributed by atoms with Crippen molar-refractivity contribution in [2.24, 2.45) is 0 Å². The first-order chi connectivity index (χ1) is 13.6. The van der Waals surface area contributed by atoms with E-state index in [-0.39, 0.29) is 0 Å². The Bertz CT molecular complexity index is 1200. The van der Waals surface area contributed by atoms with E-state index in [0.717, 1.165) is 22.3 Å². The molecule has 1 amide bonds. The molecule has 2 aromatic heterocycles. The van der Waals surface area contributed by atoms with Crippen molar-refractivity contribution in [3.8, 4) is 5.88 Å². The summed E-state index contributed by atoms with van der Waals surface area (Å²) in [7, 11) is 1.56. The fraction of sp³-hybridized carbons (Fsp3) is 0.0500. The highest BCUT2D eigenvalue weighted by molar-refractivity contribution is 6.31. The highest BCUT2D eigenvalue weighted by Gasteiger charge is 2.13. The van der Waals surface area contributed by atoms with Gasteiger partial charge in [-0.3, -0.25) is 10.0 Å². The summed E-state index contributed by atoms with van der Waals surface area (Å²) in [4.78, 5) is 20.7. The molecule has 0 unspecified atom stereocenters. The number of nitrogens with one attached hydrogen (secondary N) is 2. The van der Waals surface area contributed by atoms with Crippen LogP contribution in [0.1, 0.15) is 10.4 Å². The predicted molar refractivity (Wildman–Crippen MR) is 108 cm³/mol. The van der Waals surface area contributed by atoms with Crippen LogP contribution in [0.2, 0.25) is 5.02 Å². The second-order valence-electron chi connectivity index (χ2n) is 6.01. The van der Waals surface area contributed by atoms with Gasteiger partial charge in [0.15, 0.2) is 0 Å². The average Bonchev–Trinajstić information content (AvgIpc) is 2.73. The van der Waals surface area contributed by atoms with Gasteiger partial charge in [0.2, 0.25) is 5.88 Å². The molecule has 0 radical (unpaired) electrons. The Kier molecular flexibility index (Phi) is 4.68. The van der Waals surface area contributed by atoms with Gasteiger partial charge < -0.3 is 10.1 Å². The lowest BCUT2D eigenvalue weighted by molar-refractivity contribution is 0.0706. The van der Waals surface area contributed by atoms with Gasteiger partial charge in [0.25, 0.3) is 5.91 Å². The number of methoxy groups -OCH3 is 1. The van der Waals surface area contributed by atoms with E-state index in [1.54, 1.807) is 55.1 Å². The van der Waals surface area contributed by atoms with E-state index in [9.17, 15) is 4.79 Å². The summed E-state index contributed by atoms with van der Waals surface area (Å²) < 4.78 is 5.26. The number of rotatable bonds is 4. The van der Waals surface area contributed by atoms with Crippen LogP contribution >= 0.6 is 11.6 Å². The second kappa shape index (κ2) is 7.30. The van der Waals surface area contributed by atoms with Crippen molar-refractivity contribution < 1.29 is 14.7 Å². The number of carbonyl (C=O) groups is 1. The Labute approximate surface area is 164 Å². The summed E-state index contributed by atoms with van der Waals surface area (Å²) in [6.45, 7) is 0. The van der Waals surface area contributed by atoms with Crippen LogP contribution in [0.4, 0.5) is 11.4 Å². The van der Waals surface area contributed by atoms with Gasteiger partial charge in [0.1, 0.15) is 5.52 Å². The summed E-state index contributed by atoms with van der Waals surface area (Å²) >= 11 is 6.14. The van der Waals surface area contributed by atoms with Crippen LogP contribution in [0, 0.1) is 0 Å². The van der Waals surface area contributed by atoms with Crippen molar-refractivity contribution in [1.82, 2.24) is 15.4 Å². The van der Waals surface area contributed by atoms with E-state index in [1.165, 1.54) is 0 Å². The van der Waals surface area contributed by atoms with Gasteiger partial charge in [-0.1, -0.05) is 11.6 Å². The number of ether oxygens (including phenoxy) is 1. The Morgan fingerprint density at radius 2 is 1.82 bits per heavy atom. The van der Waals surface area contributed by atoms with E-state index >= 15 is 0 Å². The lowest BCUT2D eigenvalue weighted by Crippen LogP contribution is -2.18. The van der Waals surface area contributed by atoms with E-state index in [0.29, 0.717) is 27.5 Å². The van der Waals surface area contributed by atoms with Crippen molar-refractivity contribution in [3.05, 3.63) is 65.2 Å². The topological polar surface area (TPSA) is 96.4 Å². The molecule has 0 saturated heterocycles. The Hall–Kier alpha value is -3.42. The van der Waals surface area contributed by atoms with Crippen molar-refractivity contribution in [1.29, 1.82) is 0 Å². The molecule has 0 aliphatic carbocycles. The van der Waals surface area contributed by atoms with Gasteiger partial charge in [0.05, 0.1) is 23.8 Å². The number of nitrogens with zero attached hydrogens (tertiary/aromatic N) is 2. The number of hydrogen-bond donors (Lipinski definition) is 3. The first-order valence-electron chi connectivity index (χ1n) is 8.34. The zero-order chi connectivity index (χ0) is 19.7. The SMILES string of the molecule is COc1ccc2nc3cc(Cl)ccc3c(Nc3ccc(C(=O)NO)cc3)c2n1. The fourth-order valence-electron chi connectivity index (χ4n) is 2.93. The molecule has 28 heavy (non-hydrogen) atoms. The Morgan fingerprint density at radius 1 is 1.04 bits per heavy atom. The predicted octanol–water partition coefficient (Wildman–Crippen LogP) is 4.31. The molecule has 0 saturated carbocycles. The number of carbonyl (C=O) groups excluding carboxylic acids is 1. The highest BCUT2D eigenvalue weighted by Crippen LogP contribution is 2.34. The van der Waals surface area contributed by atoms with Crippen LogP contribution in [0.5, 0.6) is 5.88 Å². The van der Waals surface area contributed by atoms with Crippen molar-refractivity contribution in [2.75, 3.05) is 12.4 Å². The molecule has 0 fully saturated rings. The molecule has 4 rings (SSSR count). The van der Waals surface area contributed by atoms with Crippen LogP contribution in [-0.2, 0) is 0 Å². The van der Waals surface area contributed by atoms with E-state index in [1.807, 2.05) is 12.1 Å². The highest BCUT2D eigenvalue weighted by atomic mass is 35.5. The molecule has 2 heterocycles. The van der Waals surface area contributed by atoms with Gasteiger partial charge in [-0.2, -0.15) is 0 Å². The quantitative estimate of drug-likeness (QED) is 0.271. The minimum Gasteiger partial charge on any atom is -0.481 e. The molecule has 8 heteroatoms. The van der Waals surface area contributed by atoms with Crippen LogP contribution in [-0.4, -0.2) is 28.2 Å². The van der Waals surface area contributed by atoms with Gasteiger partial charge in [-0.25, -0.2) is 15.4 Å². The Balaban J connectivity index is 1.88. The molecule has 2 aromatic carbocycles. The van der Waals surface area contributed by atoms with Crippen molar-refractivity contribution in [2.45, 2.75) is 0 Å².